The molecule has 0 spiro atoms. The Hall–Kier alpha value is -1.51. The number of benzene rings is 1. The zero-order valence-electron chi connectivity index (χ0n) is 9.78. The molecule has 2 aliphatic carbocycles. The van der Waals surface area contributed by atoms with Crippen LogP contribution in [0.5, 0.6) is 0 Å². The van der Waals surface area contributed by atoms with Crippen molar-refractivity contribution in [2.75, 3.05) is 11.9 Å². The fraction of sp³-hybridized carbons (Fsp3) is 0.500. The van der Waals surface area contributed by atoms with Crippen LogP contribution in [-0.2, 0) is 0 Å². The highest BCUT2D eigenvalue weighted by Crippen LogP contribution is 2.40. The summed E-state index contributed by atoms with van der Waals surface area (Å²) in [5, 5.41) is 3.47. The van der Waals surface area contributed by atoms with Crippen LogP contribution in [-0.4, -0.2) is 11.5 Å². The van der Waals surface area contributed by atoms with Gasteiger partial charge in [0.25, 0.3) is 0 Å². The second-order valence-corrected chi connectivity index (χ2v) is 5.33. The molecule has 0 unspecified atom stereocenters. The van der Waals surface area contributed by atoms with Crippen molar-refractivity contribution >= 4 is 16.8 Å². The van der Waals surface area contributed by atoms with Crippen molar-refractivity contribution in [3.05, 3.63) is 24.1 Å². The second kappa shape index (κ2) is 3.49. The van der Waals surface area contributed by atoms with Gasteiger partial charge in [-0.1, -0.05) is 0 Å². The normalized spacial score (nSPS) is 19.8. The van der Waals surface area contributed by atoms with Crippen LogP contribution in [0.15, 0.2) is 22.6 Å². The molecule has 1 heterocycles. The first kappa shape index (κ1) is 9.51. The van der Waals surface area contributed by atoms with E-state index in [4.69, 9.17) is 4.42 Å². The van der Waals surface area contributed by atoms with Crippen LogP contribution in [0.2, 0.25) is 0 Å². The average molecular weight is 228 g/mol. The van der Waals surface area contributed by atoms with E-state index >= 15 is 0 Å². The van der Waals surface area contributed by atoms with E-state index in [0.717, 1.165) is 29.5 Å². The third-order valence-corrected chi connectivity index (χ3v) is 3.62. The summed E-state index contributed by atoms with van der Waals surface area (Å²) < 4.78 is 5.75. The highest BCUT2D eigenvalue weighted by Gasteiger charge is 2.28. The van der Waals surface area contributed by atoms with Gasteiger partial charge < -0.3 is 9.73 Å². The van der Waals surface area contributed by atoms with E-state index in [1.165, 1.54) is 31.4 Å². The van der Waals surface area contributed by atoms with Gasteiger partial charge in [0.1, 0.15) is 5.52 Å². The van der Waals surface area contributed by atoms with E-state index in [1.54, 1.807) is 0 Å². The van der Waals surface area contributed by atoms with Gasteiger partial charge in [-0.25, -0.2) is 4.98 Å². The molecule has 17 heavy (non-hydrogen) atoms. The molecule has 3 nitrogen and oxygen atoms in total. The molecule has 2 aromatic rings. The maximum absolute atomic E-state index is 5.75. The van der Waals surface area contributed by atoms with E-state index in [-0.39, 0.29) is 0 Å². The largest absolute Gasteiger partial charge is 0.440 e. The summed E-state index contributed by atoms with van der Waals surface area (Å²) in [6.45, 7) is 1.10. The number of fused-ring (bicyclic) bond motifs is 1. The van der Waals surface area contributed by atoms with Gasteiger partial charge in [0.2, 0.25) is 0 Å². The summed E-state index contributed by atoms with van der Waals surface area (Å²) in [5.41, 5.74) is 3.08. The molecular formula is C14H16N2O. The Labute approximate surface area is 100 Å². The van der Waals surface area contributed by atoms with Gasteiger partial charge in [0.05, 0.1) is 0 Å². The first-order valence-corrected chi connectivity index (χ1v) is 6.53. The standard InChI is InChI=1S/C14H16N2O/c1-2-9(1)8-15-11-5-6-13-12(7-11)16-14(17-13)10-3-4-10/h5-7,9-10,15H,1-4,8H2. The molecule has 0 aliphatic heterocycles. The predicted molar refractivity (Wildman–Crippen MR) is 67.2 cm³/mol. The van der Waals surface area contributed by atoms with Crippen molar-refractivity contribution in [3.63, 3.8) is 0 Å². The van der Waals surface area contributed by atoms with Crippen molar-refractivity contribution in [1.29, 1.82) is 0 Å². The van der Waals surface area contributed by atoms with Gasteiger partial charge in [-0.2, -0.15) is 0 Å². The predicted octanol–water partition coefficient (Wildman–Crippen LogP) is 3.53. The van der Waals surface area contributed by atoms with Crippen molar-refractivity contribution in [3.8, 4) is 0 Å². The molecule has 0 bridgehead atoms. The van der Waals surface area contributed by atoms with Crippen LogP contribution in [0.1, 0.15) is 37.5 Å². The van der Waals surface area contributed by atoms with Crippen LogP contribution in [0.25, 0.3) is 11.1 Å². The SMILES string of the molecule is c1cc2oc(C3CC3)nc2cc1NCC1CC1. The number of rotatable bonds is 4. The van der Waals surface area contributed by atoms with Crippen molar-refractivity contribution in [2.24, 2.45) is 5.92 Å². The summed E-state index contributed by atoms with van der Waals surface area (Å²) >= 11 is 0. The summed E-state index contributed by atoms with van der Waals surface area (Å²) in [4.78, 5) is 4.57. The van der Waals surface area contributed by atoms with Gasteiger partial charge in [-0.05, 0) is 49.8 Å². The quantitative estimate of drug-likeness (QED) is 0.870. The van der Waals surface area contributed by atoms with Gasteiger partial charge in [0.15, 0.2) is 11.5 Å². The molecule has 0 radical (unpaired) electrons. The van der Waals surface area contributed by atoms with Crippen LogP contribution in [0, 0.1) is 5.92 Å². The topological polar surface area (TPSA) is 38.1 Å². The number of anilines is 1. The Morgan fingerprint density at radius 3 is 2.88 bits per heavy atom. The molecule has 2 fully saturated rings. The molecule has 3 heteroatoms. The van der Waals surface area contributed by atoms with Crippen LogP contribution in [0.4, 0.5) is 5.69 Å². The Morgan fingerprint density at radius 1 is 1.24 bits per heavy atom. The number of aromatic nitrogens is 1. The first-order chi connectivity index (χ1) is 8.38. The average Bonchev–Trinajstić information content (AvgIpc) is 3.23. The smallest absolute Gasteiger partial charge is 0.198 e. The minimum absolute atomic E-state index is 0.588. The molecule has 0 atom stereocenters. The molecule has 2 saturated carbocycles. The fourth-order valence-electron chi connectivity index (χ4n) is 2.14. The summed E-state index contributed by atoms with van der Waals surface area (Å²) in [6, 6.07) is 6.23. The van der Waals surface area contributed by atoms with Crippen LogP contribution in [0.3, 0.4) is 0 Å². The molecule has 0 amide bonds. The highest BCUT2D eigenvalue weighted by molar-refractivity contribution is 5.77. The fourth-order valence-corrected chi connectivity index (χ4v) is 2.14. The second-order valence-electron chi connectivity index (χ2n) is 5.33. The number of hydrogen-bond acceptors (Lipinski definition) is 3. The molecule has 1 N–H and O–H groups in total. The first-order valence-electron chi connectivity index (χ1n) is 6.53. The molecule has 4 rings (SSSR count). The lowest BCUT2D eigenvalue weighted by molar-refractivity contribution is 0.533. The number of hydrogen-bond donors (Lipinski definition) is 1. The third kappa shape index (κ3) is 1.90. The van der Waals surface area contributed by atoms with Crippen molar-refractivity contribution in [2.45, 2.75) is 31.6 Å². The zero-order valence-corrected chi connectivity index (χ0v) is 9.78. The van der Waals surface area contributed by atoms with Crippen LogP contribution >= 0.6 is 0 Å². The molecule has 2 aliphatic rings. The van der Waals surface area contributed by atoms with Gasteiger partial charge in [-0.3, -0.25) is 0 Å². The Bertz CT molecular complexity index is 552. The zero-order chi connectivity index (χ0) is 11.2. The lowest BCUT2D eigenvalue weighted by Crippen LogP contribution is -2.02. The van der Waals surface area contributed by atoms with E-state index in [2.05, 4.69) is 22.4 Å². The lowest BCUT2D eigenvalue weighted by Gasteiger charge is -2.03. The minimum atomic E-state index is 0.588. The maximum atomic E-state index is 5.75. The molecule has 1 aromatic heterocycles. The summed E-state index contributed by atoms with van der Waals surface area (Å²) in [6.07, 6.45) is 5.23. The number of nitrogens with zero attached hydrogens (tertiary/aromatic N) is 1. The summed E-state index contributed by atoms with van der Waals surface area (Å²) in [5.74, 6) is 2.41. The highest BCUT2D eigenvalue weighted by atomic mass is 16.3. The van der Waals surface area contributed by atoms with Gasteiger partial charge in [-0.15, -0.1) is 0 Å². The van der Waals surface area contributed by atoms with Crippen molar-refractivity contribution < 1.29 is 4.42 Å². The van der Waals surface area contributed by atoms with E-state index in [0.29, 0.717) is 5.92 Å². The number of nitrogens with one attached hydrogen (secondary N) is 1. The van der Waals surface area contributed by atoms with E-state index in [1.807, 2.05) is 6.07 Å². The van der Waals surface area contributed by atoms with Gasteiger partial charge >= 0.3 is 0 Å². The van der Waals surface area contributed by atoms with E-state index < -0.39 is 0 Å². The van der Waals surface area contributed by atoms with E-state index in [9.17, 15) is 0 Å². The summed E-state index contributed by atoms with van der Waals surface area (Å²) in [7, 11) is 0. The molecule has 88 valence electrons. The van der Waals surface area contributed by atoms with Crippen LogP contribution < -0.4 is 5.32 Å². The molecule has 1 aromatic carbocycles. The third-order valence-electron chi connectivity index (χ3n) is 3.62. The minimum Gasteiger partial charge on any atom is -0.440 e. The molecule has 0 saturated heterocycles. The number of oxazole rings is 1. The Morgan fingerprint density at radius 2 is 2.12 bits per heavy atom. The maximum Gasteiger partial charge on any atom is 0.198 e. The van der Waals surface area contributed by atoms with Gasteiger partial charge in [0, 0.05) is 18.2 Å². The van der Waals surface area contributed by atoms with Crippen molar-refractivity contribution in [1.82, 2.24) is 4.98 Å². The Kier molecular flexibility index (Phi) is 1.95. The monoisotopic (exact) mass is 228 g/mol. The molecular weight excluding hydrogens is 212 g/mol. The lowest BCUT2D eigenvalue weighted by atomic mass is 10.3. The Balaban J connectivity index is 1.60.